The first kappa shape index (κ1) is 11.6. The van der Waals surface area contributed by atoms with Crippen LogP contribution in [-0.2, 0) is 6.54 Å². The summed E-state index contributed by atoms with van der Waals surface area (Å²) < 4.78 is 2.04. The average molecular weight is 212 g/mol. The van der Waals surface area contributed by atoms with Gasteiger partial charge in [0.05, 0.1) is 6.20 Å². The van der Waals surface area contributed by atoms with Crippen molar-refractivity contribution >= 4 is 12.6 Å². The summed E-state index contributed by atoms with van der Waals surface area (Å²) in [4.78, 5) is 0. The molecule has 0 aliphatic carbocycles. The maximum atomic E-state index is 4.46. The highest BCUT2D eigenvalue weighted by atomic mass is 32.1. The van der Waals surface area contributed by atoms with Crippen molar-refractivity contribution in [3.8, 4) is 0 Å². The Morgan fingerprint density at radius 2 is 2.07 bits per heavy atom. The zero-order chi connectivity index (χ0) is 10.6. The second-order valence-corrected chi connectivity index (χ2v) is 4.40. The standard InChI is InChI=1S/C11H20N2S/c1-4-11(5-2,9-14)8-13-7-10(3)6-12-13/h6-7,14H,4-5,8-9H2,1-3H3. The molecule has 1 aromatic heterocycles. The normalized spacial score (nSPS) is 12.0. The van der Waals surface area contributed by atoms with Crippen LogP contribution < -0.4 is 0 Å². The summed E-state index contributed by atoms with van der Waals surface area (Å²) in [6, 6.07) is 0. The Morgan fingerprint density at radius 1 is 1.43 bits per heavy atom. The van der Waals surface area contributed by atoms with Gasteiger partial charge in [-0.15, -0.1) is 0 Å². The fourth-order valence-electron chi connectivity index (χ4n) is 1.64. The zero-order valence-corrected chi connectivity index (χ0v) is 10.2. The Bertz CT molecular complexity index is 268. The molecule has 1 heterocycles. The smallest absolute Gasteiger partial charge is 0.0518 e. The van der Waals surface area contributed by atoms with Gasteiger partial charge in [0, 0.05) is 12.7 Å². The summed E-state index contributed by atoms with van der Waals surface area (Å²) in [6.45, 7) is 7.52. The number of hydrogen-bond donors (Lipinski definition) is 1. The van der Waals surface area contributed by atoms with Crippen molar-refractivity contribution in [1.82, 2.24) is 9.78 Å². The molecule has 0 N–H and O–H groups in total. The largest absolute Gasteiger partial charge is 0.272 e. The first-order valence-electron chi connectivity index (χ1n) is 5.25. The van der Waals surface area contributed by atoms with E-state index in [-0.39, 0.29) is 0 Å². The van der Waals surface area contributed by atoms with E-state index in [2.05, 4.69) is 44.7 Å². The molecule has 0 fully saturated rings. The van der Waals surface area contributed by atoms with Crippen molar-refractivity contribution in [2.24, 2.45) is 5.41 Å². The summed E-state index contributed by atoms with van der Waals surface area (Å²) in [5.74, 6) is 0.929. The summed E-state index contributed by atoms with van der Waals surface area (Å²) >= 11 is 4.46. The van der Waals surface area contributed by atoms with Crippen LogP contribution >= 0.6 is 12.6 Å². The molecule has 0 bridgehead atoms. The van der Waals surface area contributed by atoms with Crippen LogP contribution in [0.4, 0.5) is 0 Å². The van der Waals surface area contributed by atoms with Gasteiger partial charge in [0.25, 0.3) is 0 Å². The lowest BCUT2D eigenvalue weighted by molar-refractivity contribution is 0.246. The quantitative estimate of drug-likeness (QED) is 0.743. The van der Waals surface area contributed by atoms with E-state index in [1.165, 1.54) is 5.56 Å². The molecule has 0 spiro atoms. The van der Waals surface area contributed by atoms with Gasteiger partial charge in [-0.2, -0.15) is 17.7 Å². The fraction of sp³-hybridized carbons (Fsp3) is 0.727. The SMILES string of the molecule is CCC(CC)(CS)Cn1cc(C)cn1. The molecule has 1 rings (SSSR count). The van der Waals surface area contributed by atoms with Crippen LogP contribution in [0, 0.1) is 12.3 Å². The highest BCUT2D eigenvalue weighted by molar-refractivity contribution is 7.80. The molecule has 0 unspecified atom stereocenters. The Hall–Kier alpha value is -0.440. The summed E-state index contributed by atoms with van der Waals surface area (Å²) in [7, 11) is 0. The molecular formula is C11H20N2S. The lowest BCUT2D eigenvalue weighted by Gasteiger charge is -2.29. The van der Waals surface area contributed by atoms with Crippen molar-refractivity contribution in [3.63, 3.8) is 0 Å². The minimum Gasteiger partial charge on any atom is -0.272 e. The van der Waals surface area contributed by atoms with E-state index in [1.807, 2.05) is 10.9 Å². The van der Waals surface area contributed by atoms with E-state index in [0.717, 1.165) is 25.1 Å². The first-order chi connectivity index (χ1) is 6.65. The topological polar surface area (TPSA) is 17.8 Å². The molecule has 1 aromatic rings. The Balaban J connectivity index is 2.73. The van der Waals surface area contributed by atoms with Crippen LogP contribution in [0.3, 0.4) is 0 Å². The van der Waals surface area contributed by atoms with Gasteiger partial charge in [0.1, 0.15) is 0 Å². The predicted octanol–water partition coefficient (Wildman–Crippen LogP) is 2.93. The molecule has 0 aromatic carbocycles. The molecule has 0 aliphatic rings. The van der Waals surface area contributed by atoms with Gasteiger partial charge < -0.3 is 0 Å². The van der Waals surface area contributed by atoms with E-state index < -0.39 is 0 Å². The highest BCUT2D eigenvalue weighted by Gasteiger charge is 2.25. The van der Waals surface area contributed by atoms with Crippen molar-refractivity contribution in [3.05, 3.63) is 18.0 Å². The second kappa shape index (κ2) is 4.87. The van der Waals surface area contributed by atoms with Crippen molar-refractivity contribution in [2.75, 3.05) is 5.75 Å². The van der Waals surface area contributed by atoms with Crippen LogP contribution in [0.1, 0.15) is 32.3 Å². The van der Waals surface area contributed by atoms with Crippen molar-refractivity contribution in [2.45, 2.75) is 40.2 Å². The minimum atomic E-state index is 0.307. The molecule has 0 amide bonds. The molecule has 0 atom stereocenters. The van der Waals surface area contributed by atoms with Gasteiger partial charge in [0.2, 0.25) is 0 Å². The maximum Gasteiger partial charge on any atom is 0.0518 e. The Labute approximate surface area is 92.1 Å². The van der Waals surface area contributed by atoms with Gasteiger partial charge in [-0.05, 0) is 36.5 Å². The van der Waals surface area contributed by atoms with E-state index in [0.29, 0.717) is 5.41 Å². The number of hydrogen-bond acceptors (Lipinski definition) is 2. The third-order valence-electron chi connectivity index (χ3n) is 3.10. The molecule has 3 heteroatoms. The minimum absolute atomic E-state index is 0.307. The maximum absolute atomic E-state index is 4.46. The Morgan fingerprint density at radius 3 is 2.43 bits per heavy atom. The van der Waals surface area contributed by atoms with E-state index >= 15 is 0 Å². The van der Waals surface area contributed by atoms with Gasteiger partial charge >= 0.3 is 0 Å². The summed E-state index contributed by atoms with van der Waals surface area (Å²) in [5.41, 5.74) is 1.53. The third kappa shape index (κ3) is 2.53. The van der Waals surface area contributed by atoms with Crippen molar-refractivity contribution < 1.29 is 0 Å². The predicted molar refractivity (Wildman–Crippen MR) is 63.8 cm³/mol. The number of rotatable bonds is 5. The van der Waals surface area contributed by atoms with E-state index in [4.69, 9.17) is 0 Å². The van der Waals surface area contributed by atoms with Crippen molar-refractivity contribution in [1.29, 1.82) is 0 Å². The number of thiol groups is 1. The van der Waals surface area contributed by atoms with Crippen LogP contribution in [0.25, 0.3) is 0 Å². The summed E-state index contributed by atoms with van der Waals surface area (Å²) in [5, 5.41) is 4.33. The molecule has 0 radical (unpaired) electrons. The van der Waals surface area contributed by atoms with Crippen LogP contribution in [-0.4, -0.2) is 15.5 Å². The lowest BCUT2D eigenvalue weighted by atomic mass is 9.84. The zero-order valence-electron chi connectivity index (χ0n) is 9.32. The van der Waals surface area contributed by atoms with Gasteiger partial charge in [0.15, 0.2) is 0 Å². The molecule has 0 saturated carbocycles. The van der Waals surface area contributed by atoms with Gasteiger partial charge in [-0.25, -0.2) is 0 Å². The van der Waals surface area contributed by atoms with Crippen LogP contribution in [0.5, 0.6) is 0 Å². The van der Waals surface area contributed by atoms with Crippen LogP contribution in [0.2, 0.25) is 0 Å². The third-order valence-corrected chi connectivity index (χ3v) is 3.77. The number of aromatic nitrogens is 2. The average Bonchev–Trinajstić information content (AvgIpc) is 2.61. The van der Waals surface area contributed by atoms with E-state index in [9.17, 15) is 0 Å². The van der Waals surface area contributed by atoms with Gasteiger partial charge in [-0.1, -0.05) is 13.8 Å². The molecule has 2 nitrogen and oxygen atoms in total. The monoisotopic (exact) mass is 212 g/mol. The Kier molecular flexibility index (Phi) is 4.05. The molecule has 0 aliphatic heterocycles. The lowest BCUT2D eigenvalue weighted by Crippen LogP contribution is -2.27. The molecule has 14 heavy (non-hydrogen) atoms. The number of nitrogens with zero attached hydrogens (tertiary/aromatic N) is 2. The van der Waals surface area contributed by atoms with Gasteiger partial charge in [-0.3, -0.25) is 4.68 Å². The molecule has 0 saturated heterocycles. The molecular weight excluding hydrogens is 192 g/mol. The summed E-state index contributed by atoms with van der Waals surface area (Å²) in [6.07, 6.45) is 6.33. The second-order valence-electron chi connectivity index (χ2n) is 4.08. The fourth-order valence-corrected chi connectivity index (χ4v) is 2.19. The first-order valence-corrected chi connectivity index (χ1v) is 5.89. The van der Waals surface area contributed by atoms with E-state index in [1.54, 1.807) is 0 Å². The number of aryl methyl sites for hydroxylation is 1. The highest BCUT2D eigenvalue weighted by Crippen LogP contribution is 2.29. The van der Waals surface area contributed by atoms with Crippen LogP contribution in [0.15, 0.2) is 12.4 Å². The molecule has 80 valence electrons.